The number of carbonyl (C=O) groups is 4. The van der Waals surface area contributed by atoms with E-state index in [-0.39, 0.29) is 39.9 Å². The molecule has 1 aliphatic carbocycles. The van der Waals surface area contributed by atoms with Gasteiger partial charge in [-0.15, -0.1) is 0 Å². The lowest BCUT2D eigenvalue weighted by Gasteiger charge is -2.23. The number of aliphatic hydroxyl groups excluding tert-OH is 4. The second kappa shape index (κ2) is 10.3. The molecule has 0 radical (unpaired) electrons. The zero-order chi connectivity index (χ0) is 25.0. The molecule has 0 unspecified atom stereocenters. The summed E-state index contributed by atoms with van der Waals surface area (Å²) in [5.41, 5.74) is 4.55. The Morgan fingerprint density at radius 1 is 0.939 bits per heavy atom. The lowest BCUT2D eigenvalue weighted by atomic mass is 9.82. The Labute approximate surface area is 185 Å². The maximum absolute atomic E-state index is 12.4. The number of aromatic hydroxyl groups is 2. The minimum Gasteiger partial charge on any atom is -0.508 e. The molecule has 3 rings (SSSR count). The van der Waals surface area contributed by atoms with Crippen LogP contribution in [-0.2, 0) is 4.79 Å². The third-order valence-electron chi connectivity index (χ3n) is 4.81. The van der Waals surface area contributed by atoms with Crippen molar-refractivity contribution < 1.29 is 54.9 Å². The smallest absolute Gasteiger partial charge is 0.335 e. The molecule has 0 saturated heterocycles. The zero-order valence-electron chi connectivity index (χ0n) is 16.8. The van der Waals surface area contributed by atoms with Gasteiger partial charge in [-0.2, -0.15) is 0 Å². The second-order valence-corrected chi connectivity index (χ2v) is 7.06. The van der Waals surface area contributed by atoms with Crippen molar-refractivity contribution in [2.24, 2.45) is 5.73 Å². The van der Waals surface area contributed by atoms with E-state index in [0.29, 0.717) is 0 Å². The number of phenolic OH excluding ortho intramolecular Hbond substituents is 2. The number of hydrogen-bond donors (Lipinski definition) is 8. The molecule has 2 aromatic rings. The Morgan fingerprint density at radius 2 is 1.58 bits per heavy atom. The highest BCUT2D eigenvalue weighted by molar-refractivity contribution is 6.29. The van der Waals surface area contributed by atoms with E-state index < -0.39 is 54.2 Å². The summed E-state index contributed by atoms with van der Waals surface area (Å²) < 4.78 is 0. The van der Waals surface area contributed by atoms with E-state index in [4.69, 9.17) is 31.3 Å². The van der Waals surface area contributed by atoms with Crippen LogP contribution in [0, 0.1) is 0 Å². The highest BCUT2D eigenvalue weighted by Crippen LogP contribution is 2.35. The number of phenols is 2. The number of benzene rings is 2. The first-order valence-corrected chi connectivity index (χ1v) is 9.33. The Balaban J connectivity index is 0.000000277. The molecule has 176 valence electrons. The summed E-state index contributed by atoms with van der Waals surface area (Å²) in [4.78, 5) is 45.7. The van der Waals surface area contributed by atoms with Gasteiger partial charge in [0.2, 0.25) is 0 Å². The predicted molar refractivity (Wildman–Crippen MR) is 109 cm³/mol. The number of fused-ring (bicyclic) bond motifs is 2. The zero-order valence-corrected chi connectivity index (χ0v) is 16.8. The third kappa shape index (κ3) is 5.22. The van der Waals surface area contributed by atoms with Crippen molar-refractivity contribution in [2.75, 3.05) is 6.61 Å². The van der Waals surface area contributed by atoms with Crippen LogP contribution in [0.2, 0.25) is 0 Å². The highest BCUT2D eigenvalue weighted by Gasteiger charge is 2.33. The summed E-state index contributed by atoms with van der Waals surface area (Å²) in [6, 6.07) is 4.36. The van der Waals surface area contributed by atoms with Gasteiger partial charge >= 0.3 is 5.97 Å². The first-order chi connectivity index (χ1) is 15.4. The second-order valence-electron chi connectivity index (χ2n) is 7.06. The molecule has 0 amide bonds. The molecular formula is C21H21NO11. The van der Waals surface area contributed by atoms with Crippen molar-refractivity contribution in [3.05, 3.63) is 58.1 Å². The van der Waals surface area contributed by atoms with Crippen LogP contribution in [0.15, 0.2) is 30.3 Å². The minimum absolute atomic E-state index is 0.0264. The van der Waals surface area contributed by atoms with Crippen LogP contribution in [0.5, 0.6) is 11.5 Å². The number of rotatable bonds is 6. The fraction of sp³-hybridized carbons (Fsp3) is 0.238. The van der Waals surface area contributed by atoms with Crippen molar-refractivity contribution in [3.8, 4) is 11.5 Å². The summed E-state index contributed by atoms with van der Waals surface area (Å²) in [5.74, 6) is -3.27. The molecule has 0 saturated carbocycles. The number of carboxylic acid groups (broad SMARTS) is 1. The van der Waals surface area contributed by atoms with Gasteiger partial charge < -0.3 is 46.3 Å². The number of aldehydes is 1. The van der Waals surface area contributed by atoms with Crippen molar-refractivity contribution in [1.29, 1.82) is 0 Å². The number of carbonyl (C=O) groups excluding carboxylic acids is 3. The van der Waals surface area contributed by atoms with Gasteiger partial charge in [0, 0.05) is 22.8 Å². The summed E-state index contributed by atoms with van der Waals surface area (Å²) in [5, 5.41) is 63.3. The van der Waals surface area contributed by atoms with Crippen molar-refractivity contribution >= 4 is 23.8 Å². The molecular weight excluding hydrogens is 442 g/mol. The number of ketones is 2. The first-order valence-electron chi connectivity index (χ1n) is 9.33. The molecule has 4 atom stereocenters. The SMILES string of the molecule is N[C@@H](C=O)[C@@H](O)[C@H](O)[C@H](O)CO.O=C(O)c1ccc2c(c1)C(=O)c1cc(O)cc(O)c1C2=O. The Hall–Kier alpha value is -3.68. The van der Waals surface area contributed by atoms with Gasteiger partial charge in [0.05, 0.1) is 23.8 Å². The molecule has 0 heterocycles. The Bertz CT molecular complexity index is 1100. The van der Waals surface area contributed by atoms with Crippen LogP contribution in [0.3, 0.4) is 0 Å². The van der Waals surface area contributed by atoms with Crippen LogP contribution in [0.25, 0.3) is 0 Å². The van der Waals surface area contributed by atoms with Crippen LogP contribution >= 0.6 is 0 Å². The van der Waals surface area contributed by atoms with Gasteiger partial charge in [0.15, 0.2) is 11.6 Å². The number of nitrogens with two attached hydrogens (primary N) is 1. The standard InChI is InChI=1S/C15H8O6.C6H13NO5/c16-7-4-10-12(11(17)5-7)14(19)8-2-1-6(15(20)21)3-9(8)13(10)18;7-3(1-8)5(11)6(12)4(10)2-9/h1-5,16-17H,(H,20,21);1,3-6,9-12H,2,7H2/t;3-,4+,5+,6+/m.0/s1. The first kappa shape index (κ1) is 25.6. The molecule has 0 bridgehead atoms. The summed E-state index contributed by atoms with van der Waals surface area (Å²) in [6.07, 6.45) is -4.43. The molecule has 12 nitrogen and oxygen atoms in total. The average molecular weight is 463 g/mol. The van der Waals surface area contributed by atoms with Crippen molar-refractivity contribution in [1.82, 2.24) is 0 Å². The van der Waals surface area contributed by atoms with E-state index in [1.165, 1.54) is 12.1 Å². The van der Waals surface area contributed by atoms with Gasteiger partial charge in [-0.3, -0.25) is 9.59 Å². The van der Waals surface area contributed by atoms with Gasteiger partial charge in [0.25, 0.3) is 0 Å². The topological polar surface area (TPSA) is 236 Å². The molecule has 1 aliphatic rings. The summed E-state index contributed by atoms with van der Waals surface area (Å²) in [6.45, 7) is -0.705. The molecule has 33 heavy (non-hydrogen) atoms. The van der Waals surface area contributed by atoms with Crippen molar-refractivity contribution in [2.45, 2.75) is 24.4 Å². The van der Waals surface area contributed by atoms with Crippen molar-refractivity contribution in [3.63, 3.8) is 0 Å². The number of aliphatic hydroxyl groups is 4. The summed E-state index contributed by atoms with van der Waals surface area (Å²) >= 11 is 0. The van der Waals surface area contributed by atoms with E-state index in [0.717, 1.165) is 18.2 Å². The predicted octanol–water partition coefficient (Wildman–Crippen LogP) is -1.84. The van der Waals surface area contributed by atoms with E-state index >= 15 is 0 Å². The van der Waals surface area contributed by atoms with E-state index in [2.05, 4.69) is 0 Å². The molecule has 0 aliphatic heterocycles. The molecule has 0 spiro atoms. The Kier molecular flexibility index (Phi) is 7.98. The highest BCUT2D eigenvalue weighted by atomic mass is 16.4. The van der Waals surface area contributed by atoms with Gasteiger partial charge in [0.1, 0.15) is 36.1 Å². The molecule has 12 heteroatoms. The number of hydrogen-bond acceptors (Lipinski definition) is 11. The van der Waals surface area contributed by atoms with Crippen LogP contribution < -0.4 is 5.73 Å². The summed E-state index contributed by atoms with van der Waals surface area (Å²) in [7, 11) is 0. The fourth-order valence-corrected chi connectivity index (χ4v) is 3.02. The monoisotopic (exact) mass is 463 g/mol. The van der Waals surface area contributed by atoms with Crippen LogP contribution in [0.4, 0.5) is 0 Å². The molecule has 0 aromatic heterocycles. The number of carboxylic acids is 1. The Morgan fingerprint density at radius 3 is 2.12 bits per heavy atom. The largest absolute Gasteiger partial charge is 0.508 e. The van der Waals surface area contributed by atoms with Crippen LogP contribution in [-0.4, -0.2) is 90.5 Å². The molecule has 0 fully saturated rings. The maximum Gasteiger partial charge on any atom is 0.335 e. The van der Waals surface area contributed by atoms with Gasteiger partial charge in [-0.05, 0) is 24.3 Å². The number of aromatic carboxylic acids is 1. The quantitative estimate of drug-likeness (QED) is 0.188. The van der Waals surface area contributed by atoms with E-state index in [1.54, 1.807) is 0 Å². The third-order valence-corrected chi connectivity index (χ3v) is 4.81. The lowest BCUT2D eigenvalue weighted by Crippen LogP contribution is -2.49. The van der Waals surface area contributed by atoms with E-state index in [1.807, 2.05) is 0 Å². The molecule has 2 aromatic carbocycles. The van der Waals surface area contributed by atoms with E-state index in [9.17, 15) is 29.4 Å². The minimum atomic E-state index is -1.62. The van der Waals surface area contributed by atoms with Gasteiger partial charge in [-0.1, -0.05) is 0 Å². The average Bonchev–Trinajstić information content (AvgIpc) is 2.79. The van der Waals surface area contributed by atoms with Gasteiger partial charge in [-0.25, -0.2) is 4.79 Å². The lowest BCUT2D eigenvalue weighted by molar-refractivity contribution is -0.118. The normalized spacial score (nSPS) is 15.8. The maximum atomic E-state index is 12.4. The van der Waals surface area contributed by atoms with Crippen LogP contribution in [0.1, 0.15) is 42.2 Å². The molecule has 9 N–H and O–H groups in total. The fourth-order valence-electron chi connectivity index (χ4n) is 3.02.